The van der Waals surface area contributed by atoms with E-state index in [0.717, 1.165) is 6.07 Å². The highest BCUT2D eigenvalue weighted by Crippen LogP contribution is 2.28. The smallest absolute Gasteiger partial charge is 0.339 e. The number of hydrogen-bond acceptors (Lipinski definition) is 4. The zero-order chi connectivity index (χ0) is 13.0. The lowest BCUT2D eigenvalue weighted by molar-refractivity contribution is 0.0525. The fraction of sp³-hybridized carbons (Fsp3) is 0.273. The van der Waals surface area contributed by atoms with Crippen LogP contribution in [0.5, 0.6) is 0 Å². The van der Waals surface area contributed by atoms with Gasteiger partial charge in [0.25, 0.3) is 6.43 Å². The maximum absolute atomic E-state index is 12.7. The minimum atomic E-state index is -2.84. The Bertz CT molecular complexity index is 483. The minimum Gasteiger partial charge on any atom is -0.462 e. The Labute approximate surface area is 102 Å². The summed E-state index contributed by atoms with van der Waals surface area (Å²) in [7, 11) is 0. The molecule has 0 saturated heterocycles. The van der Waals surface area contributed by atoms with E-state index < -0.39 is 18.0 Å². The Hall–Kier alpha value is -1.61. The number of carbonyl (C=O) groups excluding carboxylic acids is 1. The summed E-state index contributed by atoms with van der Waals surface area (Å²) in [5.41, 5.74) is -1.06. The number of benzene rings is 1. The van der Waals surface area contributed by atoms with Crippen molar-refractivity contribution < 1.29 is 18.3 Å². The highest BCUT2D eigenvalue weighted by molar-refractivity contribution is 7.80. The average molecular weight is 257 g/mol. The van der Waals surface area contributed by atoms with Crippen LogP contribution >= 0.6 is 12.6 Å². The van der Waals surface area contributed by atoms with Crippen LogP contribution in [0.4, 0.5) is 8.78 Å². The van der Waals surface area contributed by atoms with E-state index in [1.54, 1.807) is 13.0 Å². The molecule has 0 unspecified atom stereocenters. The topological polar surface area (TPSA) is 50.1 Å². The molecule has 0 spiro atoms. The standard InChI is InChI=1S/C11H9F2NO2S/c1-2-16-11(15)8-4-6(17)3-7(10(12)13)9(8)5-14/h3-4,10,17H,2H2,1H3. The molecule has 1 rings (SSSR count). The average Bonchev–Trinajstić information content (AvgIpc) is 2.28. The summed E-state index contributed by atoms with van der Waals surface area (Å²) in [6, 6.07) is 3.90. The molecule has 1 aromatic rings. The molecule has 90 valence electrons. The van der Waals surface area contributed by atoms with Crippen molar-refractivity contribution in [2.45, 2.75) is 18.2 Å². The molecule has 0 atom stereocenters. The molecule has 0 aliphatic carbocycles. The van der Waals surface area contributed by atoms with Crippen LogP contribution in [0.3, 0.4) is 0 Å². The van der Waals surface area contributed by atoms with Gasteiger partial charge in [0.05, 0.1) is 17.7 Å². The molecule has 0 N–H and O–H groups in total. The molecule has 0 saturated carbocycles. The van der Waals surface area contributed by atoms with Crippen molar-refractivity contribution >= 4 is 18.6 Å². The van der Waals surface area contributed by atoms with E-state index in [4.69, 9.17) is 10.00 Å². The van der Waals surface area contributed by atoms with Crippen LogP contribution in [0.25, 0.3) is 0 Å². The molecule has 0 heterocycles. The van der Waals surface area contributed by atoms with E-state index in [1.807, 2.05) is 0 Å². The van der Waals surface area contributed by atoms with Crippen molar-refractivity contribution in [1.29, 1.82) is 5.26 Å². The minimum absolute atomic E-state index is 0.102. The first-order valence-corrected chi connectivity index (χ1v) is 5.18. The predicted molar refractivity (Wildman–Crippen MR) is 59.3 cm³/mol. The summed E-state index contributed by atoms with van der Waals surface area (Å²) in [5.74, 6) is -0.804. The monoisotopic (exact) mass is 257 g/mol. The number of hydrogen-bond donors (Lipinski definition) is 1. The summed E-state index contributed by atoms with van der Waals surface area (Å²) in [6.45, 7) is 1.69. The maximum atomic E-state index is 12.7. The van der Waals surface area contributed by atoms with Crippen LogP contribution in [0, 0.1) is 11.3 Å². The maximum Gasteiger partial charge on any atom is 0.339 e. The Morgan fingerprint density at radius 3 is 2.71 bits per heavy atom. The predicted octanol–water partition coefficient (Wildman–Crippen LogP) is 2.96. The number of esters is 1. The summed E-state index contributed by atoms with van der Waals surface area (Å²) < 4.78 is 30.1. The molecule has 6 heteroatoms. The normalized spacial score (nSPS) is 10.1. The van der Waals surface area contributed by atoms with Crippen molar-refractivity contribution in [1.82, 2.24) is 0 Å². The van der Waals surface area contributed by atoms with Gasteiger partial charge in [-0.05, 0) is 19.1 Å². The molecular weight excluding hydrogens is 248 g/mol. The summed E-state index contributed by atoms with van der Waals surface area (Å²) in [4.78, 5) is 11.7. The van der Waals surface area contributed by atoms with Crippen LogP contribution in [0.1, 0.15) is 34.8 Å². The first-order valence-electron chi connectivity index (χ1n) is 4.73. The lowest BCUT2D eigenvalue weighted by Crippen LogP contribution is -2.09. The van der Waals surface area contributed by atoms with E-state index in [1.165, 1.54) is 6.07 Å². The second-order valence-electron chi connectivity index (χ2n) is 3.09. The van der Waals surface area contributed by atoms with Gasteiger partial charge in [-0.15, -0.1) is 12.6 Å². The number of nitrogens with zero attached hydrogens (tertiary/aromatic N) is 1. The van der Waals surface area contributed by atoms with E-state index in [0.29, 0.717) is 0 Å². The zero-order valence-corrected chi connectivity index (χ0v) is 9.80. The number of nitriles is 1. The molecule has 3 nitrogen and oxygen atoms in total. The fourth-order valence-electron chi connectivity index (χ4n) is 1.32. The lowest BCUT2D eigenvalue weighted by Gasteiger charge is -2.09. The summed E-state index contributed by atoms with van der Waals surface area (Å²) in [5, 5.41) is 8.84. The molecular formula is C11H9F2NO2S. The van der Waals surface area contributed by atoms with Crippen molar-refractivity contribution in [3.05, 3.63) is 28.8 Å². The molecule has 0 aliphatic rings. The highest BCUT2D eigenvalue weighted by Gasteiger charge is 2.21. The first kappa shape index (κ1) is 13.5. The molecule has 0 aromatic heterocycles. The van der Waals surface area contributed by atoms with Crippen LogP contribution in [0.15, 0.2) is 17.0 Å². The van der Waals surface area contributed by atoms with Gasteiger partial charge >= 0.3 is 5.97 Å². The number of thiol groups is 1. The van der Waals surface area contributed by atoms with E-state index >= 15 is 0 Å². The molecule has 0 aliphatic heterocycles. The molecule has 0 amide bonds. The Morgan fingerprint density at radius 2 is 2.24 bits per heavy atom. The SMILES string of the molecule is CCOC(=O)c1cc(S)cc(C(F)F)c1C#N. The third-order valence-corrected chi connectivity index (χ3v) is 2.25. The highest BCUT2D eigenvalue weighted by atomic mass is 32.1. The van der Waals surface area contributed by atoms with Gasteiger partial charge < -0.3 is 4.74 Å². The van der Waals surface area contributed by atoms with E-state index in [2.05, 4.69) is 12.6 Å². The third-order valence-electron chi connectivity index (χ3n) is 2.00. The van der Waals surface area contributed by atoms with Gasteiger partial charge in [0.1, 0.15) is 6.07 Å². The van der Waals surface area contributed by atoms with E-state index in [-0.39, 0.29) is 22.6 Å². The number of rotatable bonds is 3. The quantitative estimate of drug-likeness (QED) is 0.669. The fourth-order valence-corrected chi connectivity index (χ4v) is 1.58. The van der Waals surface area contributed by atoms with Crippen molar-refractivity contribution in [2.75, 3.05) is 6.61 Å². The Morgan fingerprint density at radius 1 is 1.59 bits per heavy atom. The van der Waals surface area contributed by atoms with Crippen LogP contribution in [-0.4, -0.2) is 12.6 Å². The summed E-state index contributed by atoms with van der Waals surface area (Å²) >= 11 is 3.92. The zero-order valence-electron chi connectivity index (χ0n) is 8.91. The Kier molecular flexibility index (Phi) is 4.46. The second kappa shape index (κ2) is 5.64. The van der Waals surface area contributed by atoms with Crippen molar-refractivity contribution in [3.63, 3.8) is 0 Å². The van der Waals surface area contributed by atoms with Gasteiger partial charge in [0, 0.05) is 10.5 Å². The number of ether oxygens (including phenoxy) is 1. The van der Waals surface area contributed by atoms with Crippen molar-refractivity contribution in [3.8, 4) is 6.07 Å². The molecule has 0 radical (unpaired) electrons. The summed E-state index contributed by atoms with van der Waals surface area (Å²) in [6.07, 6.45) is -2.84. The first-order chi connectivity index (χ1) is 8.01. The van der Waals surface area contributed by atoms with Crippen LogP contribution in [0.2, 0.25) is 0 Å². The molecule has 0 fully saturated rings. The van der Waals surface area contributed by atoms with Gasteiger partial charge in [-0.1, -0.05) is 0 Å². The van der Waals surface area contributed by atoms with Crippen LogP contribution < -0.4 is 0 Å². The molecule has 1 aromatic carbocycles. The Balaban J connectivity index is 3.39. The largest absolute Gasteiger partial charge is 0.462 e. The van der Waals surface area contributed by atoms with Crippen molar-refractivity contribution in [2.24, 2.45) is 0 Å². The van der Waals surface area contributed by atoms with Gasteiger partial charge in [-0.25, -0.2) is 13.6 Å². The molecule has 17 heavy (non-hydrogen) atoms. The third kappa shape index (κ3) is 2.94. The molecule has 0 bridgehead atoms. The lowest BCUT2D eigenvalue weighted by atomic mass is 10.0. The number of carbonyl (C=O) groups is 1. The van der Waals surface area contributed by atoms with Gasteiger partial charge in [-0.3, -0.25) is 0 Å². The van der Waals surface area contributed by atoms with E-state index in [9.17, 15) is 13.6 Å². The van der Waals surface area contributed by atoms with Crippen LogP contribution in [-0.2, 0) is 4.74 Å². The number of halogens is 2. The van der Waals surface area contributed by atoms with Gasteiger partial charge in [-0.2, -0.15) is 5.26 Å². The second-order valence-corrected chi connectivity index (χ2v) is 3.61. The van der Waals surface area contributed by atoms with Gasteiger partial charge in [0.2, 0.25) is 0 Å². The van der Waals surface area contributed by atoms with Gasteiger partial charge in [0.15, 0.2) is 0 Å². The number of alkyl halides is 2.